The molecule has 14 rings (SSSR count). The van der Waals surface area contributed by atoms with Gasteiger partial charge in [0.15, 0.2) is 0 Å². The van der Waals surface area contributed by atoms with Gasteiger partial charge in [0.25, 0.3) is 0 Å². The van der Waals surface area contributed by atoms with Crippen molar-refractivity contribution in [2.24, 2.45) is 5.92 Å². The highest BCUT2D eigenvalue weighted by Gasteiger charge is 2.53. The molecular weight excluding hydrogens is 869 g/mol. The number of anilines is 5. The number of para-hydroxylation sites is 2. The average Bonchev–Trinajstić information content (AvgIpc) is 3.98. The van der Waals surface area contributed by atoms with Crippen molar-refractivity contribution < 1.29 is 0 Å². The van der Waals surface area contributed by atoms with Crippen molar-refractivity contribution in [3.8, 4) is 33.4 Å². The van der Waals surface area contributed by atoms with E-state index in [9.17, 15) is 0 Å². The summed E-state index contributed by atoms with van der Waals surface area (Å²) < 4.78 is 0. The van der Waals surface area contributed by atoms with Gasteiger partial charge in [0.1, 0.15) is 0 Å². The molecule has 0 saturated heterocycles. The van der Waals surface area contributed by atoms with Crippen LogP contribution in [0.2, 0.25) is 0 Å². The molecule has 0 radical (unpaired) electrons. The van der Waals surface area contributed by atoms with E-state index in [2.05, 4.69) is 271 Å². The Labute approximate surface area is 425 Å². The van der Waals surface area contributed by atoms with E-state index < -0.39 is 0 Å². The minimum Gasteiger partial charge on any atom is -0.311 e. The number of rotatable bonds is 6. The zero-order chi connectivity index (χ0) is 49.1. The van der Waals surface area contributed by atoms with Crippen molar-refractivity contribution in [3.63, 3.8) is 0 Å². The molecule has 9 aromatic rings. The molecule has 350 valence electrons. The lowest BCUT2D eigenvalue weighted by Crippen LogP contribution is -2.30. The second-order valence-corrected chi connectivity index (χ2v) is 23.3. The van der Waals surface area contributed by atoms with Crippen LogP contribution in [0.4, 0.5) is 28.4 Å². The van der Waals surface area contributed by atoms with Gasteiger partial charge >= 0.3 is 0 Å². The Bertz CT molecular complexity index is 3820. The van der Waals surface area contributed by atoms with E-state index in [1.54, 1.807) is 0 Å². The molecule has 0 heterocycles. The lowest BCUT2D eigenvalue weighted by molar-refractivity contribution is 0.388. The highest BCUT2D eigenvalue weighted by molar-refractivity contribution is 6.07. The zero-order valence-corrected chi connectivity index (χ0v) is 42.7. The first-order chi connectivity index (χ1) is 34.8. The summed E-state index contributed by atoms with van der Waals surface area (Å²) in [6.45, 7) is 19.6. The molecule has 2 unspecified atom stereocenters. The Balaban J connectivity index is 0.902. The van der Waals surface area contributed by atoms with Crippen LogP contribution in [0.1, 0.15) is 106 Å². The van der Waals surface area contributed by atoms with Gasteiger partial charge in [-0.2, -0.15) is 0 Å². The predicted molar refractivity (Wildman–Crippen MR) is 303 cm³/mol. The Hall–Kier alpha value is -7.68. The third-order valence-corrected chi connectivity index (χ3v) is 18.0. The summed E-state index contributed by atoms with van der Waals surface area (Å²) in [6.07, 6.45) is 7.61. The van der Waals surface area contributed by atoms with E-state index >= 15 is 0 Å². The van der Waals surface area contributed by atoms with Gasteiger partial charge in [0.2, 0.25) is 0 Å². The SMILES string of the molecule is CC1(C)c2ccccc2-c2ccc(N(C3=CC4C(C=C3)c3c(c5c(c6ccccc36)-c3ccc(N(c6ccccc6)c6ccc7c(c6)C(C)(C)c6ccccc6-7)cc3C5(C)C)C4(C)C)c3ccccc3)cc21. The first-order valence-corrected chi connectivity index (χ1v) is 26.1. The van der Waals surface area contributed by atoms with Crippen LogP contribution in [0.25, 0.3) is 44.2 Å². The summed E-state index contributed by atoms with van der Waals surface area (Å²) in [5, 5.41) is 2.74. The summed E-state index contributed by atoms with van der Waals surface area (Å²) in [5.41, 5.74) is 26.1. The molecule has 9 aromatic carbocycles. The first-order valence-electron chi connectivity index (χ1n) is 26.1. The van der Waals surface area contributed by atoms with Crippen LogP contribution in [-0.4, -0.2) is 0 Å². The maximum absolute atomic E-state index is 2.63. The van der Waals surface area contributed by atoms with Crippen molar-refractivity contribution in [1.82, 2.24) is 0 Å². The molecule has 0 spiro atoms. The zero-order valence-electron chi connectivity index (χ0n) is 42.7. The molecule has 2 nitrogen and oxygen atoms in total. The van der Waals surface area contributed by atoms with Crippen LogP contribution in [-0.2, 0) is 21.7 Å². The minimum absolute atomic E-state index is 0.0975. The maximum atomic E-state index is 2.63. The Morgan fingerprint density at radius 2 is 0.806 bits per heavy atom. The van der Waals surface area contributed by atoms with Gasteiger partial charge in [-0.1, -0.05) is 195 Å². The molecule has 0 saturated carbocycles. The van der Waals surface area contributed by atoms with E-state index in [0.29, 0.717) is 0 Å². The van der Waals surface area contributed by atoms with Gasteiger partial charge in [-0.25, -0.2) is 0 Å². The van der Waals surface area contributed by atoms with Crippen LogP contribution in [0.15, 0.2) is 212 Å². The number of nitrogens with zero attached hydrogens (tertiary/aromatic N) is 2. The topological polar surface area (TPSA) is 6.48 Å². The molecule has 72 heavy (non-hydrogen) atoms. The van der Waals surface area contributed by atoms with E-state index in [4.69, 9.17) is 0 Å². The van der Waals surface area contributed by atoms with E-state index in [0.717, 1.165) is 5.69 Å². The van der Waals surface area contributed by atoms with Gasteiger partial charge in [0.05, 0.1) is 0 Å². The van der Waals surface area contributed by atoms with Crippen molar-refractivity contribution in [2.45, 2.75) is 83.0 Å². The maximum Gasteiger partial charge on any atom is 0.0465 e. The third-order valence-electron chi connectivity index (χ3n) is 18.0. The molecule has 2 atom stereocenters. The summed E-state index contributed by atoms with van der Waals surface area (Å²) in [5.74, 6) is 0.474. The van der Waals surface area contributed by atoms with E-state index in [1.807, 2.05) is 0 Å². The fraction of sp³-hybridized carbons (Fsp3) is 0.200. The fourth-order valence-electron chi connectivity index (χ4n) is 14.6. The van der Waals surface area contributed by atoms with Gasteiger partial charge in [-0.05, 0) is 167 Å². The summed E-state index contributed by atoms with van der Waals surface area (Å²) in [7, 11) is 0. The standard InChI is InChI=1S/C70H60N2/c1-67(2)57-29-19-17-25-49(57)51-35-31-45(39-59(51)67)71(43-21-11-9-12-22-43)47-33-37-55-61(41-47)69(5,6)65-63(55)53-27-15-16-28-54(53)64-56-38-34-48(42-62(56)70(7,8)66(64)65)72(44-23-13-10-14-24-44)46-32-36-52-50-26-18-20-30-58(50)68(3,4)60(52)40-46/h9-42,55,61H,1-8H3. The molecule has 0 aliphatic heterocycles. The third kappa shape index (κ3) is 5.78. The normalized spacial score (nSPS) is 19.0. The molecule has 0 aromatic heterocycles. The van der Waals surface area contributed by atoms with Crippen LogP contribution in [0.3, 0.4) is 0 Å². The number of hydrogen-bond donors (Lipinski definition) is 0. The molecule has 0 fully saturated rings. The average molecular weight is 929 g/mol. The second-order valence-electron chi connectivity index (χ2n) is 23.3. The largest absolute Gasteiger partial charge is 0.311 e. The van der Waals surface area contributed by atoms with Crippen LogP contribution < -0.4 is 9.80 Å². The number of allylic oxidation sites excluding steroid dienone is 3. The quantitative estimate of drug-likeness (QED) is 0.164. The smallest absolute Gasteiger partial charge is 0.0465 e. The monoisotopic (exact) mass is 928 g/mol. The molecule has 5 aliphatic carbocycles. The van der Waals surface area contributed by atoms with Crippen LogP contribution in [0.5, 0.6) is 0 Å². The first kappa shape index (κ1) is 43.1. The van der Waals surface area contributed by atoms with E-state index in [-0.39, 0.29) is 33.5 Å². The van der Waals surface area contributed by atoms with Crippen LogP contribution >= 0.6 is 0 Å². The molecule has 2 heteroatoms. The minimum atomic E-state index is -0.273. The van der Waals surface area contributed by atoms with Crippen molar-refractivity contribution in [1.29, 1.82) is 0 Å². The van der Waals surface area contributed by atoms with Crippen molar-refractivity contribution >= 4 is 39.2 Å². The highest BCUT2D eigenvalue weighted by atomic mass is 15.2. The summed E-state index contributed by atoms with van der Waals surface area (Å²) >= 11 is 0. The molecule has 0 bridgehead atoms. The number of fused-ring (bicyclic) bond motifs is 16. The Morgan fingerprint density at radius 1 is 0.361 bits per heavy atom. The highest BCUT2D eigenvalue weighted by Crippen LogP contribution is 2.64. The molecule has 0 N–H and O–H groups in total. The van der Waals surface area contributed by atoms with Gasteiger partial charge < -0.3 is 9.80 Å². The molecule has 0 amide bonds. The number of hydrogen-bond acceptors (Lipinski definition) is 2. The Kier molecular flexibility index (Phi) is 8.95. The second kappa shape index (κ2) is 14.9. The lowest BCUT2D eigenvalue weighted by Gasteiger charge is -2.36. The fourth-order valence-corrected chi connectivity index (χ4v) is 14.6. The van der Waals surface area contributed by atoms with Gasteiger partial charge in [-0.3, -0.25) is 0 Å². The van der Waals surface area contributed by atoms with Crippen LogP contribution in [0, 0.1) is 5.92 Å². The van der Waals surface area contributed by atoms with Gasteiger partial charge in [-0.15, -0.1) is 0 Å². The lowest BCUT2D eigenvalue weighted by atomic mass is 9.69. The number of benzene rings is 9. The Morgan fingerprint density at radius 3 is 1.38 bits per heavy atom. The summed E-state index contributed by atoms with van der Waals surface area (Å²) in [4.78, 5) is 4.99. The molecule has 5 aliphatic rings. The predicted octanol–water partition coefficient (Wildman–Crippen LogP) is 18.5. The summed E-state index contributed by atoms with van der Waals surface area (Å²) in [6, 6.07) is 70.9. The molecular formula is C70H60N2. The van der Waals surface area contributed by atoms with Crippen molar-refractivity contribution in [2.75, 3.05) is 9.80 Å². The van der Waals surface area contributed by atoms with Gasteiger partial charge in [0, 0.05) is 56.3 Å². The van der Waals surface area contributed by atoms with Crippen molar-refractivity contribution in [3.05, 3.63) is 256 Å². The van der Waals surface area contributed by atoms with E-state index in [1.165, 1.54) is 117 Å².